The Morgan fingerprint density at radius 3 is 1.76 bits per heavy atom. The summed E-state index contributed by atoms with van der Waals surface area (Å²) in [5.41, 5.74) is 0. The van der Waals surface area contributed by atoms with E-state index in [1.807, 2.05) is 13.1 Å². The zero-order valence-corrected chi connectivity index (χ0v) is 20.0. The van der Waals surface area contributed by atoms with Crippen molar-refractivity contribution in [2.24, 2.45) is 0 Å². The van der Waals surface area contributed by atoms with E-state index < -0.39 is 46.5 Å². The van der Waals surface area contributed by atoms with Gasteiger partial charge in [-0.25, -0.2) is 0 Å². The Hall–Kier alpha value is 0.0738. The van der Waals surface area contributed by atoms with Gasteiger partial charge in [-0.15, -0.1) is 11.6 Å². The lowest BCUT2D eigenvalue weighted by molar-refractivity contribution is -0.212. The first-order valence-corrected chi connectivity index (χ1v) is 15.0. The van der Waals surface area contributed by atoms with Gasteiger partial charge in [0.25, 0.3) is 0 Å². The van der Waals surface area contributed by atoms with Gasteiger partial charge in [0, 0.05) is 0 Å². The molecule has 4 atom stereocenters. The van der Waals surface area contributed by atoms with Gasteiger partial charge < -0.3 is 18.7 Å². The van der Waals surface area contributed by atoms with Gasteiger partial charge in [0.1, 0.15) is 12.2 Å². The minimum atomic E-state index is -2.24. The number of halogens is 1. The van der Waals surface area contributed by atoms with Crippen LogP contribution in [0.4, 0.5) is 0 Å². The van der Waals surface area contributed by atoms with Gasteiger partial charge in [-0.3, -0.25) is 4.79 Å². The first-order chi connectivity index (χ1) is 10.9. The highest BCUT2D eigenvalue weighted by Gasteiger charge is 2.52. The van der Waals surface area contributed by atoms with Crippen molar-refractivity contribution in [3.8, 4) is 0 Å². The number of ether oxygens (including phenoxy) is 1. The molecule has 0 aromatic rings. The van der Waals surface area contributed by atoms with Crippen LogP contribution in [0.25, 0.3) is 0 Å². The van der Waals surface area contributed by atoms with Gasteiger partial charge in [0.15, 0.2) is 22.0 Å². The van der Waals surface area contributed by atoms with Crippen LogP contribution in [0, 0.1) is 0 Å². The third-order valence-corrected chi connectivity index (χ3v) is 15.1. The predicted octanol–water partition coefficient (Wildman–Crippen LogP) is 4.25. The van der Waals surface area contributed by atoms with Crippen LogP contribution in [0.15, 0.2) is 0 Å². The summed E-state index contributed by atoms with van der Waals surface area (Å²) < 4.78 is 17.7. The Bertz CT molecular complexity index is 496. The van der Waals surface area contributed by atoms with E-state index in [4.69, 9.17) is 25.2 Å². The summed E-state index contributed by atoms with van der Waals surface area (Å²) in [6.07, 6.45) is -2.99. The van der Waals surface area contributed by atoms with E-state index >= 15 is 0 Å². The van der Waals surface area contributed by atoms with E-state index in [-0.39, 0.29) is 10.1 Å². The molecule has 0 radical (unpaired) electrons. The van der Waals surface area contributed by atoms with E-state index in [0.717, 1.165) is 0 Å². The summed E-state index contributed by atoms with van der Waals surface area (Å²) in [5, 5.41) is 9.62. The fourth-order valence-electron chi connectivity index (χ4n) is 1.92. The average Bonchev–Trinajstić information content (AvgIpc) is 2.38. The molecule has 1 heterocycles. The second-order valence-electron chi connectivity index (χ2n) is 9.92. The normalized spacial score (nSPS) is 29.5. The van der Waals surface area contributed by atoms with Gasteiger partial charge in [-0.2, -0.15) is 0 Å². The van der Waals surface area contributed by atoms with Crippen molar-refractivity contribution in [1.29, 1.82) is 0 Å². The highest BCUT2D eigenvalue weighted by atomic mass is 35.5. The molecule has 5 nitrogen and oxygen atoms in total. The lowest BCUT2D eigenvalue weighted by Gasteiger charge is -2.46. The van der Waals surface area contributed by atoms with E-state index in [2.05, 4.69) is 54.6 Å². The number of aliphatic hydroxyl groups is 1. The van der Waals surface area contributed by atoms with Crippen molar-refractivity contribution in [2.45, 2.75) is 102 Å². The van der Waals surface area contributed by atoms with E-state index in [0.29, 0.717) is 0 Å². The van der Waals surface area contributed by atoms with Crippen LogP contribution >= 0.6 is 11.6 Å². The van der Waals surface area contributed by atoms with Gasteiger partial charge >= 0.3 is 5.97 Å². The molecular weight excluding hydrogens is 376 g/mol. The summed E-state index contributed by atoms with van der Waals surface area (Å²) in [7, 11) is -4.46. The maximum absolute atomic E-state index is 12.2. The molecule has 1 aliphatic rings. The maximum Gasteiger partial charge on any atom is 0.329 e. The van der Waals surface area contributed by atoms with E-state index in [1.165, 1.54) is 0 Å². The number of esters is 1. The fraction of sp³-hybridized carbons (Fsp3) is 0.941. The standard InChI is InChI=1S/C17H35ClO5Si2/c1-16(2,3)24(7,8)22-13-11(18)14(20)21-15(12(13)19)23-25(9,10)17(4,5)6/h11-13,15,19H,1-10H3/t11-,12+,13+,15?/m1/s1. The molecule has 0 aromatic carbocycles. The second-order valence-corrected chi connectivity index (χ2v) is 19.9. The monoisotopic (exact) mass is 410 g/mol. The van der Waals surface area contributed by atoms with Crippen molar-refractivity contribution in [3.63, 3.8) is 0 Å². The lowest BCUT2D eigenvalue weighted by Crippen LogP contribution is -2.61. The smallest absolute Gasteiger partial charge is 0.329 e. The summed E-state index contributed by atoms with van der Waals surface area (Å²) in [4.78, 5) is 12.2. The number of hydrogen-bond donors (Lipinski definition) is 1. The molecule has 0 aliphatic carbocycles. The Balaban J connectivity index is 3.06. The van der Waals surface area contributed by atoms with E-state index in [9.17, 15) is 9.90 Å². The molecule has 1 fully saturated rings. The summed E-state index contributed by atoms with van der Waals surface area (Å²) in [6.45, 7) is 20.8. The summed E-state index contributed by atoms with van der Waals surface area (Å²) in [5.74, 6) is -0.598. The molecule has 1 unspecified atom stereocenters. The average molecular weight is 411 g/mol. The first-order valence-electron chi connectivity index (χ1n) is 8.79. The molecule has 0 aromatic heterocycles. The third kappa shape index (κ3) is 5.08. The quantitative estimate of drug-likeness (QED) is 0.426. The number of rotatable bonds is 4. The Labute approximate surface area is 159 Å². The van der Waals surface area contributed by atoms with Gasteiger partial charge in [-0.1, -0.05) is 41.5 Å². The molecule has 0 saturated carbocycles. The van der Waals surface area contributed by atoms with Crippen molar-refractivity contribution < 1.29 is 23.5 Å². The molecule has 0 bridgehead atoms. The Morgan fingerprint density at radius 1 is 0.960 bits per heavy atom. The van der Waals surface area contributed by atoms with E-state index in [1.54, 1.807) is 0 Å². The molecule has 25 heavy (non-hydrogen) atoms. The number of cyclic esters (lactones) is 1. The van der Waals surface area contributed by atoms with Crippen LogP contribution in [0.2, 0.25) is 36.3 Å². The number of alkyl halides is 1. The van der Waals surface area contributed by atoms with Crippen molar-refractivity contribution in [2.75, 3.05) is 0 Å². The van der Waals surface area contributed by atoms with Crippen LogP contribution < -0.4 is 0 Å². The van der Waals surface area contributed by atoms with Crippen molar-refractivity contribution in [3.05, 3.63) is 0 Å². The van der Waals surface area contributed by atoms with Crippen molar-refractivity contribution >= 4 is 34.2 Å². The maximum atomic E-state index is 12.2. The topological polar surface area (TPSA) is 65.0 Å². The van der Waals surface area contributed by atoms with Crippen molar-refractivity contribution in [1.82, 2.24) is 0 Å². The first kappa shape index (κ1) is 23.1. The zero-order valence-electron chi connectivity index (χ0n) is 17.3. The molecule has 1 aliphatic heterocycles. The second kappa shape index (κ2) is 7.24. The minimum Gasteiger partial charge on any atom is -0.433 e. The number of carbonyl (C=O) groups is 1. The van der Waals surface area contributed by atoms with Crippen LogP contribution in [0.1, 0.15) is 41.5 Å². The largest absolute Gasteiger partial charge is 0.433 e. The molecule has 148 valence electrons. The molecule has 1 saturated heterocycles. The summed E-state index contributed by atoms with van der Waals surface area (Å²) in [6, 6.07) is 0. The number of carbonyl (C=O) groups excluding carboxylic acids is 1. The number of aliphatic hydroxyl groups excluding tert-OH is 1. The van der Waals surface area contributed by atoms with Crippen LogP contribution in [0.5, 0.6) is 0 Å². The van der Waals surface area contributed by atoms with Gasteiger partial charge in [0.05, 0.1) is 0 Å². The highest BCUT2D eigenvalue weighted by molar-refractivity contribution is 6.74. The molecule has 0 amide bonds. The predicted molar refractivity (Wildman–Crippen MR) is 106 cm³/mol. The van der Waals surface area contributed by atoms with Gasteiger partial charge in [0.2, 0.25) is 6.29 Å². The molecule has 8 heteroatoms. The fourth-order valence-corrected chi connectivity index (χ4v) is 4.69. The van der Waals surface area contributed by atoms with Crippen LogP contribution in [-0.4, -0.2) is 51.6 Å². The molecule has 1 N–H and O–H groups in total. The Kier molecular flexibility index (Phi) is 6.69. The van der Waals surface area contributed by atoms with Gasteiger partial charge in [-0.05, 0) is 36.3 Å². The minimum absolute atomic E-state index is 0.0690. The highest BCUT2D eigenvalue weighted by Crippen LogP contribution is 2.41. The zero-order chi connectivity index (χ0) is 20.0. The van der Waals surface area contributed by atoms with Crippen LogP contribution in [-0.2, 0) is 18.4 Å². The third-order valence-electron chi connectivity index (χ3n) is 5.82. The molecular formula is C17H35ClO5Si2. The molecule has 1 rings (SSSR count). The molecule has 0 spiro atoms. The summed E-state index contributed by atoms with van der Waals surface area (Å²) >= 11 is 6.23. The van der Waals surface area contributed by atoms with Crippen LogP contribution in [0.3, 0.4) is 0 Å². The number of hydrogen-bond acceptors (Lipinski definition) is 5. The lowest BCUT2D eigenvalue weighted by atomic mass is 10.1. The Morgan fingerprint density at radius 2 is 1.36 bits per heavy atom. The SMILES string of the molecule is CC(C)(C)[Si](C)(C)OC1OC(=O)[C@H](Cl)[C@H](O[Si](C)(C)C(C)(C)C)[C@@H]1O.